The summed E-state index contributed by atoms with van der Waals surface area (Å²) in [7, 11) is 0.525. The molecule has 0 fully saturated rings. The maximum absolute atomic E-state index is 9.56. The lowest BCUT2D eigenvalue weighted by Crippen LogP contribution is -2.67. The Bertz CT molecular complexity index is 1460. The van der Waals surface area contributed by atoms with Gasteiger partial charge in [0.25, 0.3) is 8.32 Å². The van der Waals surface area contributed by atoms with Gasteiger partial charge in [-0.2, -0.15) is 0 Å². The molecule has 0 radical (unpaired) electrons. The van der Waals surface area contributed by atoms with Crippen LogP contribution in [0.4, 0.5) is 0 Å². The second kappa shape index (κ2) is 18.2. The fraction of sp³-hybridized carbons (Fsp3) is 0.366. The summed E-state index contributed by atoms with van der Waals surface area (Å²) in [6, 6.07) is 37.3. The van der Waals surface area contributed by atoms with Crippen LogP contribution in [0.25, 0.3) is 0 Å². The first kappa shape index (κ1) is 37.1. The van der Waals surface area contributed by atoms with Crippen molar-refractivity contribution in [1.29, 1.82) is 0 Å². The molecule has 3 atom stereocenters. The third-order valence-electron chi connectivity index (χ3n) is 8.80. The number of hydrogen-bond acceptors (Lipinski definition) is 6. The highest BCUT2D eigenvalue weighted by atomic mass is 28.4. The van der Waals surface area contributed by atoms with Gasteiger partial charge >= 0.3 is 0 Å². The molecule has 0 bridgehead atoms. The van der Waals surface area contributed by atoms with E-state index in [0.29, 0.717) is 26.2 Å². The van der Waals surface area contributed by atoms with Crippen molar-refractivity contribution < 1.29 is 28.5 Å². The number of benzene rings is 4. The summed E-state index contributed by atoms with van der Waals surface area (Å²) < 4.78 is 31.4. The number of ether oxygens (including phenoxy) is 4. The van der Waals surface area contributed by atoms with Crippen LogP contribution in [-0.2, 0) is 27.1 Å². The fourth-order valence-corrected chi connectivity index (χ4v) is 10.7. The molecule has 0 amide bonds. The predicted molar refractivity (Wildman–Crippen MR) is 197 cm³/mol. The zero-order valence-corrected chi connectivity index (χ0v) is 30.3. The van der Waals surface area contributed by atoms with Gasteiger partial charge in [-0.1, -0.05) is 125 Å². The highest BCUT2D eigenvalue weighted by Crippen LogP contribution is 2.37. The molecule has 0 heterocycles. The SMILES string of the molecule is COc1ccc(CO[C@@H](CO[Si](c2ccccc2)(c2ccccc2)C(C)(C)C)C[C@@H](OCc2ccc(OC)cc2)[C@H](C)C=CCO)cc1. The minimum atomic E-state index is -2.81. The highest BCUT2D eigenvalue weighted by molar-refractivity contribution is 6.99. The minimum absolute atomic E-state index is 0.0235. The lowest BCUT2D eigenvalue weighted by molar-refractivity contribution is -0.0565. The average Bonchev–Trinajstić information content (AvgIpc) is 3.11. The Morgan fingerprint density at radius 2 is 1.17 bits per heavy atom. The molecule has 0 aliphatic heterocycles. The fourth-order valence-electron chi connectivity index (χ4n) is 6.12. The Morgan fingerprint density at radius 1 is 0.688 bits per heavy atom. The van der Waals surface area contributed by atoms with Crippen LogP contribution in [0.15, 0.2) is 121 Å². The number of methoxy groups -OCH3 is 2. The average molecular weight is 669 g/mol. The van der Waals surface area contributed by atoms with Crippen molar-refractivity contribution >= 4 is 18.7 Å². The van der Waals surface area contributed by atoms with E-state index in [9.17, 15) is 5.11 Å². The van der Waals surface area contributed by atoms with E-state index >= 15 is 0 Å². The normalized spacial score (nSPS) is 14.1. The molecule has 0 aliphatic rings. The van der Waals surface area contributed by atoms with Crippen molar-refractivity contribution in [3.05, 3.63) is 132 Å². The number of rotatable bonds is 18. The van der Waals surface area contributed by atoms with Crippen LogP contribution in [0.3, 0.4) is 0 Å². The van der Waals surface area contributed by atoms with Gasteiger partial charge in [0, 0.05) is 12.3 Å². The van der Waals surface area contributed by atoms with Crippen molar-refractivity contribution in [2.45, 2.75) is 64.6 Å². The zero-order chi connectivity index (χ0) is 34.4. The molecule has 1 N–H and O–H groups in total. The van der Waals surface area contributed by atoms with Gasteiger partial charge in [-0.15, -0.1) is 0 Å². The molecule has 0 aliphatic carbocycles. The molecule has 6 nitrogen and oxygen atoms in total. The Morgan fingerprint density at radius 3 is 1.60 bits per heavy atom. The zero-order valence-electron chi connectivity index (χ0n) is 29.3. The predicted octanol–water partition coefficient (Wildman–Crippen LogP) is 7.33. The van der Waals surface area contributed by atoms with Crippen LogP contribution in [0.2, 0.25) is 5.04 Å². The molecular weight excluding hydrogens is 617 g/mol. The Hall–Kier alpha value is -3.72. The smallest absolute Gasteiger partial charge is 0.261 e. The third kappa shape index (κ3) is 9.90. The maximum Gasteiger partial charge on any atom is 0.261 e. The van der Waals surface area contributed by atoms with Crippen LogP contribution in [-0.4, -0.2) is 53.1 Å². The number of aliphatic hydroxyl groups excluding tert-OH is 1. The number of aliphatic hydroxyl groups is 1. The quantitative estimate of drug-likeness (QED) is 0.0886. The molecule has 4 aromatic carbocycles. The van der Waals surface area contributed by atoms with Gasteiger partial charge < -0.3 is 28.5 Å². The van der Waals surface area contributed by atoms with Gasteiger partial charge in [-0.3, -0.25) is 0 Å². The van der Waals surface area contributed by atoms with Gasteiger partial charge in [-0.05, 0) is 50.8 Å². The van der Waals surface area contributed by atoms with Gasteiger partial charge in [0.1, 0.15) is 11.5 Å². The summed E-state index contributed by atoms with van der Waals surface area (Å²) >= 11 is 0. The molecule has 256 valence electrons. The van der Waals surface area contributed by atoms with Gasteiger partial charge in [-0.25, -0.2) is 0 Å². The lowest BCUT2D eigenvalue weighted by Gasteiger charge is -2.44. The van der Waals surface area contributed by atoms with E-state index in [4.69, 9.17) is 23.4 Å². The molecule has 0 saturated heterocycles. The van der Waals surface area contributed by atoms with Crippen molar-refractivity contribution in [2.75, 3.05) is 27.4 Å². The first-order valence-corrected chi connectivity index (χ1v) is 18.6. The molecule has 48 heavy (non-hydrogen) atoms. The van der Waals surface area contributed by atoms with Crippen LogP contribution in [0.5, 0.6) is 11.5 Å². The van der Waals surface area contributed by atoms with E-state index in [0.717, 1.165) is 22.6 Å². The topological polar surface area (TPSA) is 66.4 Å². The van der Waals surface area contributed by atoms with Crippen LogP contribution < -0.4 is 19.8 Å². The first-order valence-electron chi connectivity index (χ1n) is 16.7. The Labute approximate surface area is 288 Å². The standard InChI is InChI=1S/C41H52O6Si/c1-32(14-13-27-42)40(46-30-34-21-25-36(44-6)26-22-34)28-37(45-29-33-19-23-35(43-5)24-20-33)31-47-48(41(2,3)4,38-15-9-7-10-16-38)39-17-11-8-12-18-39/h7-26,32,37,40,42H,27-31H2,1-6H3/t32-,37-,40-/m1/s1. The van der Waals surface area contributed by atoms with E-state index in [1.165, 1.54) is 10.4 Å². The largest absolute Gasteiger partial charge is 0.497 e. The summed E-state index contributed by atoms with van der Waals surface area (Å²) in [5.41, 5.74) is 2.11. The van der Waals surface area contributed by atoms with Crippen molar-refractivity contribution in [2.24, 2.45) is 5.92 Å². The van der Waals surface area contributed by atoms with Crippen LogP contribution in [0, 0.1) is 5.92 Å². The molecule has 4 rings (SSSR count). The maximum atomic E-state index is 9.56. The molecule has 0 spiro atoms. The highest BCUT2D eigenvalue weighted by Gasteiger charge is 2.50. The van der Waals surface area contributed by atoms with Crippen molar-refractivity contribution in [1.82, 2.24) is 0 Å². The molecule has 0 unspecified atom stereocenters. The van der Waals surface area contributed by atoms with Crippen LogP contribution in [0.1, 0.15) is 45.2 Å². The van der Waals surface area contributed by atoms with E-state index in [2.05, 4.69) is 88.4 Å². The summed E-state index contributed by atoms with van der Waals surface area (Å²) in [6.07, 6.45) is 3.92. The van der Waals surface area contributed by atoms with Crippen LogP contribution >= 0.6 is 0 Å². The monoisotopic (exact) mass is 668 g/mol. The minimum Gasteiger partial charge on any atom is -0.497 e. The van der Waals surface area contributed by atoms with Gasteiger partial charge in [0.05, 0.1) is 52.9 Å². The second-order valence-electron chi connectivity index (χ2n) is 13.2. The first-order chi connectivity index (χ1) is 23.2. The molecule has 0 saturated carbocycles. The molecule has 7 heteroatoms. The van der Waals surface area contributed by atoms with E-state index in [1.54, 1.807) is 20.3 Å². The lowest BCUT2D eigenvalue weighted by atomic mass is 9.98. The summed E-state index contributed by atoms with van der Waals surface area (Å²) in [6.45, 7) is 10.2. The van der Waals surface area contributed by atoms with Gasteiger partial charge in [0.2, 0.25) is 0 Å². The van der Waals surface area contributed by atoms with Crippen molar-refractivity contribution in [3.63, 3.8) is 0 Å². The summed E-state index contributed by atoms with van der Waals surface area (Å²) in [4.78, 5) is 0. The van der Waals surface area contributed by atoms with E-state index < -0.39 is 8.32 Å². The van der Waals surface area contributed by atoms with Gasteiger partial charge in [0.15, 0.2) is 0 Å². The van der Waals surface area contributed by atoms with Crippen molar-refractivity contribution in [3.8, 4) is 11.5 Å². The second-order valence-corrected chi connectivity index (χ2v) is 17.5. The number of hydrogen-bond donors (Lipinski definition) is 1. The molecule has 0 aromatic heterocycles. The Balaban J connectivity index is 1.67. The summed E-state index contributed by atoms with van der Waals surface area (Å²) in [5, 5.41) is 11.8. The van der Waals surface area contributed by atoms with E-state index in [1.807, 2.05) is 54.6 Å². The van der Waals surface area contributed by atoms with E-state index in [-0.39, 0.29) is 29.8 Å². The third-order valence-corrected chi connectivity index (χ3v) is 13.8. The molecular formula is C41H52O6Si. The Kier molecular flexibility index (Phi) is 14.0. The summed E-state index contributed by atoms with van der Waals surface area (Å²) in [5.74, 6) is 1.64. The molecule has 4 aromatic rings.